The Morgan fingerprint density at radius 1 is 1.36 bits per heavy atom. The molecular weight excluding hydrogens is 378 g/mol. The van der Waals surface area contributed by atoms with Gasteiger partial charge in [-0.1, -0.05) is 6.92 Å². The molecule has 1 fully saturated rings. The summed E-state index contributed by atoms with van der Waals surface area (Å²) in [4.78, 5) is 12.3. The number of aromatic nitrogens is 2. The van der Waals surface area contributed by atoms with Gasteiger partial charge in [0.25, 0.3) is 0 Å². The number of hydrogen-bond donors (Lipinski definition) is 2. The van der Waals surface area contributed by atoms with Gasteiger partial charge >= 0.3 is 6.01 Å². The van der Waals surface area contributed by atoms with E-state index in [0.29, 0.717) is 18.9 Å². The van der Waals surface area contributed by atoms with E-state index in [4.69, 9.17) is 9.47 Å². The molecule has 1 aliphatic rings. The molecule has 0 spiro atoms. The highest BCUT2D eigenvalue weighted by atomic mass is 32.1. The number of aryl methyl sites for hydroxylation is 1. The molecule has 0 unspecified atom stereocenters. The van der Waals surface area contributed by atoms with Crippen LogP contribution >= 0.6 is 11.3 Å². The van der Waals surface area contributed by atoms with Crippen molar-refractivity contribution in [3.63, 3.8) is 0 Å². The number of nitrogens with one attached hydrogen (secondary N) is 1. The maximum Gasteiger partial charge on any atom is 0.319 e. The largest absolute Gasteiger partial charge is 0.460 e. The molecule has 0 amide bonds. The van der Waals surface area contributed by atoms with E-state index in [1.165, 1.54) is 4.88 Å². The van der Waals surface area contributed by atoms with Gasteiger partial charge in [0.1, 0.15) is 17.4 Å². The van der Waals surface area contributed by atoms with Crippen LogP contribution in [0.25, 0.3) is 0 Å². The van der Waals surface area contributed by atoms with Crippen LogP contribution in [-0.4, -0.2) is 59.8 Å². The third kappa shape index (κ3) is 6.15. The Balaban J connectivity index is 1.76. The molecule has 3 rings (SSSR count). The second kappa shape index (κ2) is 9.31. The Labute approximate surface area is 169 Å². The van der Waals surface area contributed by atoms with Gasteiger partial charge < -0.3 is 19.5 Å². The van der Waals surface area contributed by atoms with Gasteiger partial charge in [-0.2, -0.15) is 15.1 Å². The summed E-state index contributed by atoms with van der Waals surface area (Å²) in [5.74, 6) is 0.759. The first-order chi connectivity index (χ1) is 13.4. The van der Waals surface area contributed by atoms with E-state index in [-0.39, 0.29) is 12.6 Å². The molecule has 2 aromatic heterocycles. The molecule has 0 radical (unpaired) electrons. The van der Waals surface area contributed by atoms with Gasteiger partial charge in [-0.05, 0) is 32.4 Å². The molecule has 0 atom stereocenters. The van der Waals surface area contributed by atoms with Gasteiger partial charge in [0.2, 0.25) is 0 Å². The van der Waals surface area contributed by atoms with E-state index in [2.05, 4.69) is 38.4 Å². The quantitative estimate of drug-likeness (QED) is 0.515. The van der Waals surface area contributed by atoms with E-state index in [1.54, 1.807) is 31.4 Å². The van der Waals surface area contributed by atoms with Crippen molar-refractivity contribution in [1.82, 2.24) is 9.97 Å². The van der Waals surface area contributed by atoms with Gasteiger partial charge in [-0.3, -0.25) is 5.43 Å². The van der Waals surface area contributed by atoms with Gasteiger partial charge in [0.05, 0.1) is 30.7 Å². The summed E-state index contributed by atoms with van der Waals surface area (Å²) < 4.78 is 11.0. The van der Waals surface area contributed by atoms with Crippen molar-refractivity contribution in [2.24, 2.45) is 5.10 Å². The highest BCUT2D eigenvalue weighted by molar-refractivity contribution is 7.16. The van der Waals surface area contributed by atoms with Gasteiger partial charge in [0.15, 0.2) is 0 Å². The lowest BCUT2D eigenvalue weighted by atomic mass is 10.2. The van der Waals surface area contributed by atoms with Crippen LogP contribution < -0.4 is 15.1 Å². The minimum Gasteiger partial charge on any atom is -0.460 e. The number of hydrogen-bond acceptors (Lipinski definition) is 9. The maximum absolute atomic E-state index is 9.91. The van der Waals surface area contributed by atoms with E-state index >= 15 is 0 Å². The van der Waals surface area contributed by atoms with Crippen molar-refractivity contribution in [2.45, 2.75) is 32.8 Å². The van der Waals surface area contributed by atoms with Crippen LogP contribution in [0.3, 0.4) is 0 Å². The standard InChI is InChI=1S/C19H27N5O3S/c1-4-15-5-6-17(28-15)23-20-12-14-11-16(24-7-9-26-10-8-24)22-18(21-14)27-13-19(2,3)25/h5-6,11-12,23,25H,4,7-10,13H2,1-3H3/b20-12+. The van der Waals surface area contributed by atoms with Crippen molar-refractivity contribution < 1.29 is 14.6 Å². The van der Waals surface area contributed by atoms with Gasteiger partial charge in [-0.25, -0.2) is 0 Å². The molecular formula is C19H27N5O3S. The molecule has 1 aliphatic heterocycles. The fourth-order valence-electron chi connectivity index (χ4n) is 2.55. The summed E-state index contributed by atoms with van der Waals surface area (Å²) in [6.07, 6.45) is 2.65. The van der Waals surface area contributed by atoms with Crippen LogP contribution in [0.2, 0.25) is 0 Å². The number of nitrogens with zero attached hydrogens (tertiary/aromatic N) is 4. The normalized spacial score (nSPS) is 15.2. The van der Waals surface area contributed by atoms with Crippen LogP contribution in [0.5, 0.6) is 6.01 Å². The topological polar surface area (TPSA) is 92.1 Å². The van der Waals surface area contributed by atoms with E-state index in [0.717, 1.165) is 30.3 Å². The summed E-state index contributed by atoms with van der Waals surface area (Å²) in [5, 5.41) is 15.2. The zero-order valence-electron chi connectivity index (χ0n) is 16.5. The summed E-state index contributed by atoms with van der Waals surface area (Å²) in [6.45, 7) is 8.41. The fraction of sp³-hybridized carbons (Fsp3) is 0.526. The zero-order chi connectivity index (χ0) is 20.0. The molecule has 2 N–H and O–H groups in total. The lowest BCUT2D eigenvalue weighted by molar-refractivity contribution is 0.0250. The minimum absolute atomic E-state index is 0.101. The summed E-state index contributed by atoms with van der Waals surface area (Å²) in [7, 11) is 0. The van der Waals surface area contributed by atoms with Crippen molar-refractivity contribution >= 4 is 28.4 Å². The highest BCUT2D eigenvalue weighted by Gasteiger charge is 2.18. The predicted octanol–water partition coefficient (Wildman–Crippen LogP) is 2.53. The number of aliphatic hydroxyl groups is 1. The average Bonchev–Trinajstić information content (AvgIpc) is 3.14. The smallest absolute Gasteiger partial charge is 0.319 e. The van der Waals surface area contributed by atoms with Crippen LogP contribution in [0, 0.1) is 0 Å². The Morgan fingerprint density at radius 2 is 2.14 bits per heavy atom. The molecule has 0 aliphatic carbocycles. The Bertz CT molecular complexity index is 797. The summed E-state index contributed by atoms with van der Waals surface area (Å²) in [5.41, 5.74) is 2.69. The van der Waals surface area contributed by atoms with Crippen LogP contribution in [0.1, 0.15) is 31.3 Å². The number of thiophene rings is 1. The second-order valence-corrected chi connectivity index (χ2v) is 8.29. The number of anilines is 2. The molecule has 8 nitrogen and oxygen atoms in total. The molecule has 0 aromatic carbocycles. The van der Waals surface area contributed by atoms with Crippen LogP contribution in [0.4, 0.5) is 10.8 Å². The number of rotatable bonds is 8. The van der Waals surface area contributed by atoms with E-state index in [9.17, 15) is 5.11 Å². The molecule has 9 heteroatoms. The van der Waals surface area contributed by atoms with Crippen LogP contribution in [-0.2, 0) is 11.2 Å². The van der Waals surface area contributed by atoms with E-state index in [1.807, 2.05) is 12.1 Å². The Morgan fingerprint density at radius 3 is 2.82 bits per heavy atom. The summed E-state index contributed by atoms with van der Waals surface area (Å²) >= 11 is 1.68. The number of ether oxygens (including phenoxy) is 2. The monoisotopic (exact) mass is 405 g/mol. The highest BCUT2D eigenvalue weighted by Crippen LogP contribution is 2.22. The van der Waals surface area contributed by atoms with Gasteiger partial charge in [-0.15, -0.1) is 11.3 Å². The van der Waals surface area contributed by atoms with Crippen molar-refractivity contribution in [3.05, 3.63) is 28.8 Å². The SMILES string of the molecule is CCc1ccc(N/N=C/c2cc(N3CCOCC3)nc(OCC(C)(C)O)n2)s1. The van der Waals surface area contributed by atoms with Crippen molar-refractivity contribution in [3.8, 4) is 6.01 Å². The molecule has 3 heterocycles. The molecule has 28 heavy (non-hydrogen) atoms. The Kier molecular flexibility index (Phi) is 6.82. The maximum atomic E-state index is 9.91. The molecule has 2 aromatic rings. The number of morpholine rings is 1. The van der Waals surface area contributed by atoms with Crippen molar-refractivity contribution in [2.75, 3.05) is 43.2 Å². The van der Waals surface area contributed by atoms with Crippen molar-refractivity contribution in [1.29, 1.82) is 0 Å². The zero-order valence-corrected chi connectivity index (χ0v) is 17.3. The first kappa shape index (κ1) is 20.5. The second-order valence-electron chi connectivity index (χ2n) is 7.12. The fourth-order valence-corrected chi connectivity index (χ4v) is 3.34. The number of hydrazone groups is 1. The summed E-state index contributed by atoms with van der Waals surface area (Å²) in [6, 6.07) is 6.20. The van der Waals surface area contributed by atoms with E-state index < -0.39 is 5.60 Å². The Hall–Kier alpha value is -2.23. The first-order valence-corrected chi connectivity index (χ1v) is 10.2. The first-order valence-electron chi connectivity index (χ1n) is 9.38. The molecule has 0 bridgehead atoms. The van der Waals surface area contributed by atoms with Gasteiger partial charge in [0, 0.05) is 24.0 Å². The molecule has 152 valence electrons. The predicted molar refractivity (Wildman–Crippen MR) is 112 cm³/mol. The minimum atomic E-state index is -0.968. The molecule has 0 saturated carbocycles. The third-order valence-corrected chi connectivity index (χ3v) is 5.12. The average molecular weight is 406 g/mol. The lowest BCUT2D eigenvalue weighted by Gasteiger charge is -2.28. The third-order valence-electron chi connectivity index (χ3n) is 3.98. The van der Waals surface area contributed by atoms with Crippen LogP contribution in [0.15, 0.2) is 23.3 Å². The lowest BCUT2D eigenvalue weighted by Crippen LogP contribution is -2.37. The molecule has 1 saturated heterocycles.